The van der Waals surface area contributed by atoms with Crippen LogP contribution in [0.1, 0.15) is 13.8 Å². The van der Waals surface area contributed by atoms with E-state index in [1.165, 1.54) is 30.0 Å². The van der Waals surface area contributed by atoms with Crippen LogP contribution in [0.4, 0.5) is 16.5 Å². The third-order valence-corrected chi connectivity index (χ3v) is 4.51. The van der Waals surface area contributed by atoms with E-state index in [4.69, 9.17) is 0 Å². The predicted octanol–water partition coefficient (Wildman–Crippen LogP) is 2.47. The van der Waals surface area contributed by atoms with Gasteiger partial charge in [0.2, 0.25) is 16.9 Å². The van der Waals surface area contributed by atoms with Gasteiger partial charge in [-0.1, -0.05) is 29.2 Å². The van der Waals surface area contributed by atoms with Crippen molar-refractivity contribution in [2.75, 3.05) is 22.9 Å². The van der Waals surface area contributed by atoms with E-state index in [0.29, 0.717) is 23.1 Å². The Bertz CT molecular complexity index is 689. The molecule has 0 radical (unpaired) electrons. The van der Waals surface area contributed by atoms with Gasteiger partial charge in [-0.05, 0) is 25.1 Å². The number of rotatable bonds is 7. The van der Waals surface area contributed by atoms with Crippen molar-refractivity contribution in [3.8, 4) is 0 Å². The summed E-state index contributed by atoms with van der Waals surface area (Å²) in [5.41, 5.74) is 1.51. The minimum atomic E-state index is -0.123. The average molecular weight is 351 g/mol. The summed E-state index contributed by atoms with van der Waals surface area (Å²) in [6.45, 7) is 3.96. The second-order valence-corrected chi connectivity index (χ2v) is 6.70. The molecule has 0 aliphatic heterocycles. The van der Waals surface area contributed by atoms with Crippen molar-refractivity contribution in [2.45, 2.75) is 18.2 Å². The Morgan fingerprint density at radius 2 is 2.04 bits per heavy atom. The summed E-state index contributed by atoms with van der Waals surface area (Å²) in [6, 6.07) is 7.32. The number of nitrogens with one attached hydrogen (secondary N) is 3. The molecule has 122 valence electrons. The van der Waals surface area contributed by atoms with Gasteiger partial charge in [0.05, 0.1) is 5.75 Å². The largest absolute Gasteiger partial charge is 0.356 e. The highest BCUT2D eigenvalue weighted by Gasteiger charge is 2.08. The normalized spacial score (nSPS) is 10.2. The summed E-state index contributed by atoms with van der Waals surface area (Å²) in [6.07, 6.45) is 0. The molecule has 9 heteroatoms. The molecule has 1 aromatic heterocycles. The highest BCUT2D eigenvalue weighted by atomic mass is 32.2. The zero-order valence-corrected chi connectivity index (χ0v) is 14.4. The standard InChI is InChI=1S/C14H17N5O2S2/c1-3-15-12(21)8-22-14-19-18-13(23-14)17-11-6-4-5-10(7-11)16-9(2)20/h4-7H,3,8H2,1-2H3,(H,15,21)(H,16,20)(H,17,18). The molecule has 1 heterocycles. The molecule has 0 unspecified atom stereocenters. The second kappa shape index (κ2) is 8.49. The van der Waals surface area contributed by atoms with Gasteiger partial charge < -0.3 is 16.0 Å². The molecule has 0 atom stereocenters. The third-order valence-electron chi connectivity index (χ3n) is 2.54. The van der Waals surface area contributed by atoms with Crippen LogP contribution in [0, 0.1) is 0 Å². The first-order valence-electron chi connectivity index (χ1n) is 6.94. The van der Waals surface area contributed by atoms with Gasteiger partial charge in [0.25, 0.3) is 0 Å². The Labute approximate surface area is 142 Å². The Balaban J connectivity index is 1.93. The fourth-order valence-corrected chi connectivity index (χ4v) is 3.30. The van der Waals surface area contributed by atoms with Crippen LogP contribution in [-0.2, 0) is 9.59 Å². The molecule has 0 saturated heterocycles. The number of amides is 2. The molecule has 3 N–H and O–H groups in total. The molecule has 0 aliphatic carbocycles. The van der Waals surface area contributed by atoms with Gasteiger partial charge in [-0.3, -0.25) is 9.59 Å². The predicted molar refractivity (Wildman–Crippen MR) is 93.3 cm³/mol. The number of anilines is 3. The van der Waals surface area contributed by atoms with Gasteiger partial charge in [-0.15, -0.1) is 10.2 Å². The lowest BCUT2D eigenvalue weighted by Crippen LogP contribution is -2.24. The summed E-state index contributed by atoms with van der Waals surface area (Å²) < 4.78 is 0.719. The molecule has 2 amide bonds. The topological polar surface area (TPSA) is 96.0 Å². The van der Waals surface area contributed by atoms with E-state index < -0.39 is 0 Å². The van der Waals surface area contributed by atoms with Gasteiger partial charge in [0, 0.05) is 24.8 Å². The Morgan fingerprint density at radius 3 is 2.78 bits per heavy atom. The summed E-state index contributed by atoms with van der Waals surface area (Å²) in [5.74, 6) is 0.174. The molecule has 0 fully saturated rings. The van der Waals surface area contributed by atoms with Crippen molar-refractivity contribution in [3.63, 3.8) is 0 Å². The maximum absolute atomic E-state index is 11.4. The van der Waals surface area contributed by atoms with Gasteiger partial charge in [-0.2, -0.15) is 0 Å². The van der Waals surface area contributed by atoms with Gasteiger partial charge >= 0.3 is 0 Å². The minimum Gasteiger partial charge on any atom is -0.356 e. The SMILES string of the molecule is CCNC(=O)CSc1nnc(Nc2cccc(NC(C)=O)c2)s1. The summed E-state index contributed by atoms with van der Waals surface area (Å²) in [7, 11) is 0. The van der Waals surface area contributed by atoms with E-state index >= 15 is 0 Å². The highest BCUT2D eigenvalue weighted by Crippen LogP contribution is 2.28. The fourth-order valence-electron chi connectivity index (χ4n) is 1.70. The number of thioether (sulfide) groups is 1. The lowest BCUT2D eigenvalue weighted by molar-refractivity contribution is -0.118. The Kier molecular flexibility index (Phi) is 6.36. The molecule has 1 aromatic carbocycles. The molecule has 2 rings (SSSR count). The second-order valence-electron chi connectivity index (χ2n) is 4.50. The quantitative estimate of drug-likeness (QED) is 0.663. The molecule has 0 spiro atoms. The van der Waals surface area contributed by atoms with E-state index in [9.17, 15) is 9.59 Å². The molecule has 0 aliphatic rings. The van der Waals surface area contributed by atoms with Crippen molar-refractivity contribution in [3.05, 3.63) is 24.3 Å². The molecular weight excluding hydrogens is 334 g/mol. The molecular formula is C14H17N5O2S2. The maximum atomic E-state index is 11.4. The zero-order valence-electron chi connectivity index (χ0n) is 12.8. The van der Waals surface area contributed by atoms with E-state index in [-0.39, 0.29) is 11.8 Å². The lowest BCUT2D eigenvalue weighted by atomic mass is 10.3. The van der Waals surface area contributed by atoms with E-state index in [1.54, 1.807) is 6.07 Å². The lowest BCUT2D eigenvalue weighted by Gasteiger charge is -2.05. The zero-order chi connectivity index (χ0) is 16.7. The summed E-state index contributed by atoms with van der Waals surface area (Å²) >= 11 is 2.72. The van der Waals surface area contributed by atoms with Crippen molar-refractivity contribution >= 4 is 51.4 Å². The van der Waals surface area contributed by atoms with Crippen LogP contribution >= 0.6 is 23.1 Å². The first kappa shape index (κ1) is 17.2. The first-order valence-corrected chi connectivity index (χ1v) is 8.74. The monoisotopic (exact) mass is 351 g/mol. The van der Waals surface area contributed by atoms with E-state index in [1.807, 2.05) is 25.1 Å². The molecule has 23 heavy (non-hydrogen) atoms. The Morgan fingerprint density at radius 1 is 1.26 bits per heavy atom. The van der Waals surface area contributed by atoms with E-state index in [0.717, 1.165) is 10.0 Å². The summed E-state index contributed by atoms with van der Waals surface area (Å²) in [4.78, 5) is 22.5. The van der Waals surface area contributed by atoms with Crippen LogP contribution in [0.5, 0.6) is 0 Å². The van der Waals surface area contributed by atoms with Crippen LogP contribution in [0.2, 0.25) is 0 Å². The van der Waals surface area contributed by atoms with Gasteiger partial charge in [-0.25, -0.2) is 0 Å². The van der Waals surface area contributed by atoms with Crippen molar-refractivity contribution in [2.24, 2.45) is 0 Å². The van der Waals surface area contributed by atoms with Crippen LogP contribution in [0.25, 0.3) is 0 Å². The third kappa shape index (κ3) is 5.87. The van der Waals surface area contributed by atoms with Crippen molar-refractivity contribution in [1.29, 1.82) is 0 Å². The first-order chi connectivity index (χ1) is 11.1. The molecule has 7 nitrogen and oxygen atoms in total. The number of nitrogens with zero attached hydrogens (tertiary/aromatic N) is 2. The van der Waals surface area contributed by atoms with Crippen molar-refractivity contribution < 1.29 is 9.59 Å². The van der Waals surface area contributed by atoms with Crippen LogP contribution in [0.3, 0.4) is 0 Å². The number of aromatic nitrogens is 2. The van der Waals surface area contributed by atoms with Gasteiger partial charge in [0.15, 0.2) is 4.34 Å². The number of benzene rings is 1. The van der Waals surface area contributed by atoms with Gasteiger partial charge in [0.1, 0.15) is 0 Å². The Hall–Kier alpha value is -2.13. The minimum absolute atomic E-state index is 0.0229. The highest BCUT2D eigenvalue weighted by molar-refractivity contribution is 8.01. The fraction of sp³-hybridized carbons (Fsp3) is 0.286. The van der Waals surface area contributed by atoms with Crippen LogP contribution in [0.15, 0.2) is 28.6 Å². The number of hydrogen-bond acceptors (Lipinski definition) is 7. The van der Waals surface area contributed by atoms with E-state index in [2.05, 4.69) is 26.1 Å². The molecule has 0 saturated carbocycles. The molecule has 2 aromatic rings. The number of carbonyl (C=O) groups is 2. The number of hydrogen-bond donors (Lipinski definition) is 3. The average Bonchev–Trinajstić information content (AvgIpc) is 2.93. The number of carbonyl (C=O) groups excluding carboxylic acids is 2. The van der Waals surface area contributed by atoms with Crippen LogP contribution in [-0.4, -0.2) is 34.3 Å². The van der Waals surface area contributed by atoms with Crippen molar-refractivity contribution in [1.82, 2.24) is 15.5 Å². The smallest absolute Gasteiger partial charge is 0.230 e. The summed E-state index contributed by atoms with van der Waals surface area (Å²) in [5, 5.41) is 17.3. The maximum Gasteiger partial charge on any atom is 0.230 e. The molecule has 0 bridgehead atoms. The van der Waals surface area contributed by atoms with Crippen LogP contribution < -0.4 is 16.0 Å².